The van der Waals surface area contributed by atoms with Crippen molar-refractivity contribution in [3.63, 3.8) is 0 Å². The fraction of sp³-hybridized carbons (Fsp3) is 0.333. The van der Waals surface area contributed by atoms with Crippen LogP contribution in [0.4, 0.5) is 5.69 Å². The smallest absolute Gasteiger partial charge is 0.225 e. The Hall–Kier alpha value is -2.14. The predicted molar refractivity (Wildman–Crippen MR) is 80.4 cm³/mol. The van der Waals surface area contributed by atoms with Crippen LogP contribution < -0.4 is 10.6 Å². The largest absolute Gasteiger partial charge is 0.326 e. The number of rotatable bonds is 6. The van der Waals surface area contributed by atoms with Gasteiger partial charge in [0, 0.05) is 30.9 Å². The molecule has 1 heterocycles. The highest BCUT2D eigenvalue weighted by atomic mass is 16.1. The molecule has 0 bridgehead atoms. The SMILES string of the molecule is CC(C)NCCC(=O)Nc1ccc(-c2ccn[nH]2)cc1. The molecule has 3 N–H and O–H groups in total. The Bertz CT molecular complexity index is 532. The molecule has 0 spiro atoms. The van der Waals surface area contributed by atoms with Crippen molar-refractivity contribution in [3.8, 4) is 11.3 Å². The van der Waals surface area contributed by atoms with E-state index in [1.807, 2.05) is 30.3 Å². The topological polar surface area (TPSA) is 69.8 Å². The summed E-state index contributed by atoms with van der Waals surface area (Å²) in [6.45, 7) is 4.81. The second-order valence-electron chi connectivity index (χ2n) is 4.95. The van der Waals surface area contributed by atoms with Gasteiger partial charge in [-0.3, -0.25) is 9.89 Å². The summed E-state index contributed by atoms with van der Waals surface area (Å²) in [6, 6.07) is 10.0. The van der Waals surface area contributed by atoms with Crippen molar-refractivity contribution in [3.05, 3.63) is 36.5 Å². The van der Waals surface area contributed by atoms with Crippen LogP contribution in [0, 0.1) is 0 Å². The Morgan fingerprint density at radius 3 is 2.60 bits per heavy atom. The van der Waals surface area contributed by atoms with Crippen LogP contribution in [0.2, 0.25) is 0 Å². The zero-order valence-electron chi connectivity index (χ0n) is 11.8. The fourth-order valence-electron chi connectivity index (χ4n) is 1.85. The van der Waals surface area contributed by atoms with Crippen molar-refractivity contribution < 1.29 is 4.79 Å². The zero-order chi connectivity index (χ0) is 14.4. The van der Waals surface area contributed by atoms with Crippen molar-refractivity contribution in [2.45, 2.75) is 26.3 Å². The third-order valence-electron chi connectivity index (χ3n) is 2.89. The van der Waals surface area contributed by atoms with Crippen LogP contribution in [-0.2, 0) is 4.79 Å². The van der Waals surface area contributed by atoms with E-state index in [9.17, 15) is 4.79 Å². The molecule has 0 unspecified atom stereocenters. The van der Waals surface area contributed by atoms with Crippen LogP contribution in [0.15, 0.2) is 36.5 Å². The highest BCUT2D eigenvalue weighted by Crippen LogP contribution is 2.18. The van der Waals surface area contributed by atoms with Gasteiger partial charge in [-0.2, -0.15) is 5.10 Å². The van der Waals surface area contributed by atoms with E-state index in [-0.39, 0.29) is 5.91 Å². The van der Waals surface area contributed by atoms with Gasteiger partial charge in [-0.05, 0) is 23.8 Å². The van der Waals surface area contributed by atoms with E-state index in [4.69, 9.17) is 0 Å². The van der Waals surface area contributed by atoms with Crippen LogP contribution in [-0.4, -0.2) is 28.7 Å². The molecule has 0 fully saturated rings. The summed E-state index contributed by atoms with van der Waals surface area (Å²) in [7, 11) is 0. The van der Waals surface area contributed by atoms with E-state index in [0.717, 1.165) is 16.9 Å². The average Bonchev–Trinajstić information content (AvgIpc) is 2.93. The van der Waals surface area contributed by atoms with Crippen molar-refractivity contribution >= 4 is 11.6 Å². The Kier molecular flexibility index (Phi) is 4.90. The highest BCUT2D eigenvalue weighted by Gasteiger charge is 2.04. The first kappa shape index (κ1) is 14.3. The van der Waals surface area contributed by atoms with Gasteiger partial charge in [0.05, 0.1) is 5.69 Å². The molecule has 5 nitrogen and oxygen atoms in total. The summed E-state index contributed by atoms with van der Waals surface area (Å²) in [6.07, 6.45) is 2.19. The van der Waals surface area contributed by atoms with Gasteiger partial charge in [-0.15, -0.1) is 0 Å². The standard InChI is InChI=1S/C15H20N4O/c1-11(2)16-9-8-15(20)18-13-5-3-12(4-6-13)14-7-10-17-19-14/h3-7,10-11,16H,8-9H2,1-2H3,(H,17,19)(H,18,20). The number of nitrogens with zero attached hydrogens (tertiary/aromatic N) is 1. The molecule has 0 radical (unpaired) electrons. The number of H-pyrrole nitrogens is 1. The Labute approximate surface area is 118 Å². The van der Waals surface area contributed by atoms with Gasteiger partial charge in [-0.25, -0.2) is 0 Å². The second-order valence-corrected chi connectivity index (χ2v) is 4.95. The van der Waals surface area contributed by atoms with Crippen molar-refractivity contribution in [1.29, 1.82) is 0 Å². The summed E-state index contributed by atoms with van der Waals surface area (Å²) in [4.78, 5) is 11.7. The zero-order valence-corrected chi connectivity index (χ0v) is 11.8. The fourth-order valence-corrected chi connectivity index (χ4v) is 1.85. The van der Waals surface area contributed by atoms with Crippen molar-refractivity contribution in [2.24, 2.45) is 0 Å². The molecule has 0 aliphatic heterocycles. The summed E-state index contributed by atoms with van der Waals surface area (Å²) in [5, 5.41) is 12.9. The van der Waals surface area contributed by atoms with E-state index < -0.39 is 0 Å². The number of hydrogen-bond acceptors (Lipinski definition) is 3. The summed E-state index contributed by atoms with van der Waals surface area (Å²) >= 11 is 0. The average molecular weight is 272 g/mol. The van der Waals surface area contributed by atoms with E-state index in [1.54, 1.807) is 6.20 Å². The third kappa shape index (κ3) is 4.20. The number of benzene rings is 1. The number of hydrogen-bond donors (Lipinski definition) is 3. The quantitative estimate of drug-likeness (QED) is 0.756. The lowest BCUT2D eigenvalue weighted by Crippen LogP contribution is -2.27. The molecule has 20 heavy (non-hydrogen) atoms. The number of carbonyl (C=O) groups excluding carboxylic acids is 1. The minimum absolute atomic E-state index is 0.0208. The van der Waals surface area contributed by atoms with Crippen molar-refractivity contribution in [2.75, 3.05) is 11.9 Å². The monoisotopic (exact) mass is 272 g/mol. The molecular formula is C15H20N4O. The van der Waals surface area contributed by atoms with Gasteiger partial charge in [-0.1, -0.05) is 26.0 Å². The molecule has 1 aromatic carbocycles. The van der Waals surface area contributed by atoms with Gasteiger partial charge in [0.15, 0.2) is 0 Å². The van der Waals surface area contributed by atoms with Gasteiger partial charge in [0.1, 0.15) is 0 Å². The molecule has 106 valence electrons. The number of aromatic amines is 1. The molecule has 2 rings (SSSR count). The van der Waals surface area contributed by atoms with Gasteiger partial charge in [0.2, 0.25) is 5.91 Å². The second kappa shape index (κ2) is 6.86. The number of carbonyl (C=O) groups is 1. The predicted octanol–water partition coefficient (Wildman–Crippen LogP) is 2.40. The molecule has 0 aliphatic rings. The number of aromatic nitrogens is 2. The Balaban J connectivity index is 1.86. The van der Waals surface area contributed by atoms with E-state index >= 15 is 0 Å². The normalized spacial score (nSPS) is 10.8. The first-order valence-electron chi connectivity index (χ1n) is 6.78. The number of nitrogens with one attached hydrogen (secondary N) is 3. The molecule has 1 amide bonds. The molecule has 0 aliphatic carbocycles. The third-order valence-corrected chi connectivity index (χ3v) is 2.89. The molecule has 2 aromatic rings. The summed E-state index contributed by atoms with van der Waals surface area (Å²) in [5.41, 5.74) is 2.81. The van der Waals surface area contributed by atoms with Gasteiger partial charge >= 0.3 is 0 Å². The minimum atomic E-state index is 0.0208. The first-order valence-corrected chi connectivity index (χ1v) is 6.78. The lowest BCUT2D eigenvalue weighted by molar-refractivity contribution is -0.116. The number of anilines is 1. The van der Waals surface area contributed by atoms with Gasteiger partial charge in [0.25, 0.3) is 0 Å². The summed E-state index contributed by atoms with van der Waals surface area (Å²) in [5.74, 6) is 0.0208. The molecule has 1 aromatic heterocycles. The van der Waals surface area contributed by atoms with Crippen LogP contribution in [0.3, 0.4) is 0 Å². The molecule has 0 saturated carbocycles. The maximum Gasteiger partial charge on any atom is 0.225 e. The molecule has 5 heteroatoms. The van der Waals surface area contributed by atoms with Crippen LogP contribution in [0.25, 0.3) is 11.3 Å². The number of amides is 1. The highest BCUT2D eigenvalue weighted by molar-refractivity contribution is 5.91. The van der Waals surface area contributed by atoms with E-state index in [0.29, 0.717) is 19.0 Å². The first-order chi connectivity index (χ1) is 9.65. The van der Waals surface area contributed by atoms with E-state index in [2.05, 4.69) is 34.7 Å². The van der Waals surface area contributed by atoms with Gasteiger partial charge < -0.3 is 10.6 Å². The molecular weight excluding hydrogens is 252 g/mol. The van der Waals surface area contributed by atoms with Crippen LogP contribution in [0.1, 0.15) is 20.3 Å². The van der Waals surface area contributed by atoms with E-state index in [1.165, 1.54) is 0 Å². The minimum Gasteiger partial charge on any atom is -0.326 e. The lowest BCUT2D eigenvalue weighted by Gasteiger charge is -2.09. The maximum atomic E-state index is 11.7. The molecule has 0 saturated heterocycles. The Morgan fingerprint density at radius 1 is 1.25 bits per heavy atom. The lowest BCUT2D eigenvalue weighted by atomic mass is 10.1. The summed E-state index contributed by atoms with van der Waals surface area (Å²) < 4.78 is 0. The van der Waals surface area contributed by atoms with Crippen LogP contribution in [0.5, 0.6) is 0 Å². The van der Waals surface area contributed by atoms with Crippen molar-refractivity contribution in [1.82, 2.24) is 15.5 Å². The Morgan fingerprint density at radius 2 is 2.00 bits per heavy atom. The maximum absolute atomic E-state index is 11.7. The van der Waals surface area contributed by atoms with Crippen LogP contribution >= 0.6 is 0 Å². The molecule has 0 atom stereocenters.